The maximum absolute atomic E-state index is 9.56. The lowest BCUT2D eigenvalue weighted by molar-refractivity contribution is 0.147. The molecular formula is C14H28N2O. The van der Waals surface area contributed by atoms with Crippen molar-refractivity contribution in [1.29, 1.82) is 0 Å². The molecule has 3 unspecified atom stereocenters. The summed E-state index contributed by atoms with van der Waals surface area (Å²) in [5.74, 6) is 0. The van der Waals surface area contributed by atoms with Crippen molar-refractivity contribution in [2.75, 3.05) is 26.7 Å². The van der Waals surface area contributed by atoms with Crippen LogP contribution >= 0.6 is 0 Å². The van der Waals surface area contributed by atoms with Gasteiger partial charge in [0.15, 0.2) is 0 Å². The molecule has 0 saturated carbocycles. The molecule has 3 nitrogen and oxygen atoms in total. The van der Waals surface area contributed by atoms with Crippen LogP contribution in [0, 0.1) is 0 Å². The Morgan fingerprint density at radius 2 is 2.00 bits per heavy atom. The molecule has 17 heavy (non-hydrogen) atoms. The van der Waals surface area contributed by atoms with Gasteiger partial charge in [-0.05, 0) is 58.7 Å². The summed E-state index contributed by atoms with van der Waals surface area (Å²) in [6.07, 6.45) is 7.06. The topological polar surface area (TPSA) is 26.7 Å². The van der Waals surface area contributed by atoms with Crippen molar-refractivity contribution in [3.8, 4) is 0 Å². The van der Waals surface area contributed by atoms with E-state index in [1.807, 2.05) is 0 Å². The summed E-state index contributed by atoms with van der Waals surface area (Å²) in [7, 11) is 2.30. The van der Waals surface area contributed by atoms with Crippen LogP contribution in [-0.4, -0.2) is 59.8 Å². The van der Waals surface area contributed by atoms with Crippen LogP contribution in [0.3, 0.4) is 0 Å². The molecule has 3 atom stereocenters. The molecule has 0 aromatic heterocycles. The zero-order valence-electron chi connectivity index (χ0n) is 11.4. The fraction of sp³-hybridized carbons (Fsp3) is 1.00. The van der Waals surface area contributed by atoms with E-state index in [0.29, 0.717) is 0 Å². The minimum absolute atomic E-state index is 0.0823. The SMILES string of the molecule is CCC(O)CCCN1CCC2CCC(C1)N2C. The van der Waals surface area contributed by atoms with Gasteiger partial charge in [0, 0.05) is 18.6 Å². The molecule has 0 spiro atoms. The van der Waals surface area contributed by atoms with E-state index in [2.05, 4.69) is 23.8 Å². The van der Waals surface area contributed by atoms with Crippen LogP contribution in [-0.2, 0) is 0 Å². The molecule has 2 aliphatic rings. The minimum Gasteiger partial charge on any atom is -0.393 e. The zero-order valence-corrected chi connectivity index (χ0v) is 11.4. The number of likely N-dealkylation sites (tertiary alicyclic amines) is 1. The van der Waals surface area contributed by atoms with Crippen LogP contribution in [0.2, 0.25) is 0 Å². The third-order valence-corrected chi connectivity index (χ3v) is 4.72. The quantitative estimate of drug-likeness (QED) is 0.792. The van der Waals surface area contributed by atoms with E-state index in [0.717, 1.165) is 31.3 Å². The number of fused-ring (bicyclic) bond motifs is 2. The lowest BCUT2D eigenvalue weighted by atomic mass is 10.1. The number of aliphatic hydroxyl groups is 1. The number of hydrogen-bond donors (Lipinski definition) is 1. The number of rotatable bonds is 5. The van der Waals surface area contributed by atoms with Crippen LogP contribution < -0.4 is 0 Å². The fourth-order valence-electron chi connectivity index (χ4n) is 3.34. The van der Waals surface area contributed by atoms with Gasteiger partial charge < -0.3 is 10.0 Å². The summed E-state index contributed by atoms with van der Waals surface area (Å²) >= 11 is 0. The molecule has 1 N–H and O–H groups in total. The van der Waals surface area contributed by atoms with E-state index in [1.165, 1.54) is 38.9 Å². The first kappa shape index (κ1) is 13.3. The number of aliphatic hydroxyl groups excluding tert-OH is 1. The van der Waals surface area contributed by atoms with E-state index < -0.39 is 0 Å². The monoisotopic (exact) mass is 240 g/mol. The van der Waals surface area contributed by atoms with Crippen LogP contribution in [0.5, 0.6) is 0 Å². The van der Waals surface area contributed by atoms with Crippen molar-refractivity contribution >= 4 is 0 Å². The van der Waals surface area contributed by atoms with Crippen LogP contribution in [0.4, 0.5) is 0 Å². The zero-order chi connectivity index (χ0) is 12.3. The first-order valence-electron chi connectivity index (χ1n) is 7.33. The fourth-order valence-corrected chi connectivity index (χ4v) is 3.34. The second-order valence-corrected chi connectivity index (χ2v) is 5.84. The van der Waals surface area contributed by atoms with Gasteiger partial charge in [-0.25, -0.2) is 0 Å². The highest BCUT2D eigenvalue weighted by Crippen LogP contribution is 2.28. The van der Waals surface area contributed by atoms with Crippen LogP contribution in [0.25, 0.3) is 0 Å². The number of likely N-dealkylation sites (N-methyl/N-ethyl adjacent to an activating group) is 1. The second kappa shape index (κ2) is 6.17. The van der Waals surface area contributed by atoms with Gasteiger partial charge in [-0.1, -0.05) is 6.92 Å². The molecule has 2 rings (SSSR count). The summed E-state index contributed by atoms with van der Waals surface area (Å²) < 4.78 is 0. The summed E-state index contributed by atoms with van der Waals surface area (Å²) in [5.41, 5.74) is 0. The predicted molar refractivity (Wildman–Crippen MR) is 71.2 cm³/mol. The Hall–Kier alpha value is -0.120. The number of hydrogen-bond acceptors (Lipinski definition) is 3. The molecular weight excluding hydrogens is 212 g/mol. The van der Waals surface area contributed by atoms with Crippen molar-refractivity contribution in [3.63, 3.8) is 0 Å². The molecule has 100 valence electrons. The van der Waals surface area contributed by atoms with Gasteiger partial charge in [-0.2, -0.15) is 0 Å². The molecule has 0 aliphatic carbocycles. The normalized spacial score (nSPS) is 32.6. The largest absolute Gasteiger partial charge is 0.393 e. The van der Waals surface area contributed by atoms with Crippen molar-refractivity contribution < 1.29 is 5.11 Å². The summed E-state index contributed by atoms with van der Waals surface area (Å²) in [6, 6.07) is 1.63. The third-order valence-electron chi connectivity index (χ3n) is 4.72. The predicted octanol–water partition coefficient (Wildman–Crippen LogP) is 1.71. The standard InChI is InChI=1S/C14H28N2O/c1-3-14(17)5-4-9-16-10-8-12-6-7-13(11-16)15(12)2/h12-14,17H,3-11H2,1-2H3. The second-order valence-electron chi connectivity index (χ2n) is 5.84. The molecule has 0 radical (unpaired) electrons. The summed E-state index contributed by atoms with van der Waals surface area (Å²) in [5, 5.41) is 9.56. The maximum Gasteiger partial charge on any atom is 0.0538 e. The van der Waals surface area contributed by atoms with Crippen molar-refractivity contribution in [3.05, 3.63) is 0 Å². The Labute approximate surface area is 106 Å². The highest BCUT2D eigenvalue weighted by atomic mass is 16.3. The molecule has 2 bridgehead atoms. The highest BCUT2D eigenvalue weighted by molar-refractivity contribution is 4.90. The van der Waals surface area contributed by atoms with Gasteiger partial charge >= 0.3 is 0 Å². The maximum atomic E-state index is 9.56. The van der Waals surface area contributed by atoms with Gasteiger partial charge in [0.2, 0.25) is 0 Å². The van der Waals surface area contributed by atoms with E-state index in [4.69, 9.17) is 0 Å². The van der Waals surface area contributed by atoms with E-state index in [-0.39, 0.29) is 6.10 Å². The third kappa shape index (κ3) is 3.43. The molecule has 2 fully saturated rings. The highest BCUT2D eigenvalue weighted by Gasteiger charge is 2.34. The Morgan fingerprint density at radius 1 is 1.24 bits per heavy atom. The van der Waals surface area contributed by atoms with E-state index in [1.54, 1.807) is 0 Å². The average molecular weight is 240 g/mol. The van der Waals surface area contributed by atoms with Gasteiger partial charge in [-0.3, -0.25) is 4.90 Å². The Kier molecular flexibility index (Phi) is 4.83. The Bertz CT molecular complexity index is 234. The summed E-state index contributed by atoms with van der Waals surface area (Å²) in [6.45, 7) is 5.74. The van der Waals surface area contributed by atoms with E-state index >= 15 is 0 Å². The van der Waals surface area contributed by atoms with Gasteiger partial charge in [0.1, 0.15) is 0 Å². The molecule has 2 saturated heterocycles. The first-order valence-corrected chi connectivity index (χ1v) is 7.33. The molecule has 3 heteroatoms. The molecule has 0 amide bonds. The van der Waals surface area contributed by atoms with Gasteiger partial charge in [0.25, 0.3) is 0 Å². The Morgan fingerprint density at radius 3 is 2.76 bits per heavy atom. The lowest BCUT2D eigenvalue weighted by Gasteiger charge is -2.25. The lowest BCUT2D eigenvalue weighted by Crippen LogP contribution is -2.37. The number of nitrogens with zero attached hydrogens (tertiary/aromatic N) is 2. The van der Waals surface area contributed by atoms with Gasteiger partial charge in [-0.15, -0.1) is 0 Å². The Balaban J connectivity index is 1.72. The van der Waals surface area contributed by atoms with Crippen molar-refractivity contribution in [2.45, 2.75) is 63.6 Å². The minimum atomic E-state index is -0.0823. The summed E-state index contributed by atoms with van der Waals surface area (Å²) in [4.78, 5) is 5.21. The molecule has 2 aliphatic heterocycles. The van der Waals surface area contributed by atoms with E-state index in [9.17, 15) is 5.11 Å². The average Bonchev–Trinajstić information content (AvgIpc) is 2.56. The first-order chi connectivity index (χ1) is 8.20. The van der Waals surface area contributed by atoms with Gasteiger partial charge in [0.05, 0.1) is 6.10 Å². The smallest absolute Gasteiger partial charge is 0.0538 e. The van der Waals surface area contributed by atoms with Crippen LogP contribution in [0.1, 0.15) is 45.4 Å². The molecule has 0 aromatic rings. The van der Waals surface area contributed by atoms with Crippen molar-refractivity contribution in [1.82, 2.24) is 9.80 Å². The van der Waals surface area contributed by atoms with Crippen LogP contribution in [0.15, 0.2) is 0 Å². The van der Waals surface area contributed by atoms with Crippen molar-refractivity contribution in [2.24, 2.45) is 0 Å². The molecule has 0 aromatic carbocycles. The molecule has 2 heterocycles.